The maximum Gasteiger partial charge on any atom is 0.323 e. The van der Waals surface area contributed by atoms with Gasteiger partial charge in [-0.15, -0.1) is 0 Å². The van der Waals surface area contributed by atoms with Crippen LogP contribution in [0.3, 0.4) is 0 Å². The molecule has 0 saturated carbocycles. The maximum atomic E-state index is 12.1. The third-order valence-electron chi connectivity index (χ3n) is 3.24. The van der Waals surface area contributed by atoms with Gasteiger partial charge in [0.1, 0.15) is 6.04 Å². The third-order valence-corrected chi connectivity index (χ3v) is 3.24. The van der Waals surface area contributed by atoms with E-state index in [9.17, 15) is 4.79 Å². The molecular formula is C16H25NO2. The quantitative estimate of drug-likeness (QED) is 0.765. The van der Waals surface area contributed by atoms with Gasteiger partial charge in [0.05, 0.1) is 7.11 Å². The highest BCUT2D eigenvalue weighted by Gasteiger charge is 2.36. The molecule has 106 valence electrons. The second-order valence-corrected chi connectivity index (χ2v) is 5.84. The van der Waals surface area contributed by atoms with E-state index in [4.69, 9.17) is 4.74 Å². The first-order valence-corrected chi connectivity index (χ1v) is 6.76. The van der Waals surface area contributed by atoms with Crippen LogP contribution in [0.4, 0.5) is 0 Å². The van der Waals surface area contributed by atoms with Crippen molar-refractivity contribution in [2.45, 2.75) is 40.3 Å². The van der Waals surface area contributed by atoms with Gasteiger partial charge >= 0.3 is 5.97 Å². The van der Waals surface area contributed by atoms with Crippen molar-refractivity contribution in [3.8, 4) is 0 Å². The number of rotatable bonds is 5. The van der Waals surface area contributed by atoms with E-state index in [0.29, 0.717) is 0 Å². The minimum atomic E-state index is -0.234. The van der Waals surface area contributed by atoms with Gasteiger partial charge in [0, 0.05) is 6.54 Å². The van der Waals surface area contributed by atoms with Gasteiger partial charge in [-0.3, -0.25) is 9.69 Å². The number of likely N-dealkylation sites (N-methyl/N-ethyl adjacent to an activating group) is 1. The van der Waals surface area contributed by atoms with Crippen LogP contribution in [0.25, 0.3) is 0 Å². The molecule has 0 N–H and O–H groups in total. The van der Waals surface area contributed by atoms with Crippen molar-refractivity contribution in [1.82, 2.24) is 4.90 Å². The highest BCUT2D eigenvalue weighted by molar-refractivity contribution is 5.76. The van der Waals surface area contributed by atoms with Crippen LogP contribution in [-0.4, -0.2) is 30.6 Å². The number of hydrogen-bond acceptors (Lipinski definition) is 3. The van der Waals surface area contributed by atoms with Crippen molar-refractivity contribution < 1.29 is 9.53 Å². The molecule has 3 heteroatoms. The summed E-state index contributed by atoms with van der Waals surface area (Å²) in [6.45, 7) is 9.86. The fourth-order valence-electron chi connectivity index (χ4n) is 2.37. The molecule has 0 aliphatic rings. The molecule has 19 heavy (non-hydrogen) atoms. The van der Waals surface area contributed by atoms with E-state index in [-0.39, 0.29) is 17.4 Å². The van der Waals surface area contributed by atoms with Gasteiger partial charge < -0.3 is 4.74 Å². The average Bonchev–Trinajstić information content (AvgIpc) is 2.37. The highest BCUT2D eigenvalue weighted by atomic mass is 16.5. The summed E-state index contributed by atoms with van der Waals surface area (Å²) < 4.78 is 4.98. The Morgan fingerprint density at radius 2 is 1.84 bits per heavy atom. The zero-order valence-electron chi connectivity index (χ0n) is 12.6. The summed E-state index contributed by atoms with van der Waals surface area (Å²) in [5.74, 6) is -0.162. The summed E-state index contributed by atoms with van der Waals surface area (Å²) in [6, 6.07) is 9.98. The van der Waals surface area contributed by atoms with Crippen LogP contribution in [0.1, 0.15) is 33.3 Å². The fraction of sp³-hybridized carbons (Fsp3) is 0.562. The summed E-state index contributed by atoms with van der Waals surface area (Å²) in [5.41, 5.74) is 1.06. The topological polar surface area (TPSA) is 29.5 Å². The highest BCUT2D eigenvalue weighted by Crippen LogP contribution is 2.26. The predicted molar refractivity (Wildman–Crippen MR) is 77.8 cm³/mol. The molecule has 0 heterocycles. The van der Waals surface area contributed by atoms with Crippen LogP contribution < -0.4 is 0 Å². The number of hydrogen-bond donors (Lipinski definition) is 0. The Morgan fingerprint density at radius 1 is 1.26 bits per heavy atom. The number of nitrogens with zero attached hydrogens (tertiary/aromatic N) is 1. The number of ether oxygens (including phenoxy) is 1. The second-order valence-electron chi connectivity index (χ2n) is 5.84. The normalized spacial score (nSPS) is 13.4. The predicted octanol–water partition coefficient (Wildman–Crippen LogP) is 3.10. The number of benzene rings is 1. The molecule has 0 aromatic heterocycles. The van der Waals surface area contributed by atoms with Crippen LogP contribution in [0.15, 0.2) is 30.3 Å². The van der Waals surface area contributed by atoms with Crippen LogP contribution >= 0.6 is 0 Å². The van der Waals surface area contributed by atoms with E-state index >= 15 is 0 Å². The molecule has 1 aromatic carbocycles. The van der Waals surface area contributed by atoms with Gasteiger partial charge in [0.15, 0.2) is 0 Å². The molecule has 0 radical (unpaired) electrons. The van der Waals surface area contributed by atoms with Gasteiger partial charge in [-0.25, -0.2) is 0 Å². The van der Waals surface area contributed by atoms with E-state index in [1.165, 1.54) is 12.7 Å². The minimum absolute atomic E-state index is 0.155. The zero-order chi connectivity index (χ0) is 14.5. The fourth-order valence-corrected chi connectivity index (χ4v) is 2.37. The van der Waals surface area contributed by atoms with Crippen molar-refractivity contribution in [3.63, 3.8) is 0 Å². The van der Waals surface area contributed by atoms with Crippen molar-refractivity contribution in [2.24, 2.45) is 5.41 Å². The molecule has 3 nitrogen and oxygen atoms in total. The Labute approximate surface area is 116 Å². The average molecular weight is 263 g/mol. The summed E-state index contributed by atoms with van der Waals surface area (Å²) >= 11 is 0. The Balaban J connectivity index is 2.94. The van der Waals surface area contributed by atoms with Gasteiger partial charge in [0.25, 0.3) is 0 Å². The van der Waals surface area contributed by atoms with Crippen LogP contribution in [0.5, 0.6) is 0 Å². The van der Waals surface area contributed by atoms with E-state index in [2.05, 4.69) is 44.7 Å². The Hall–Kier alpha value is -1.35. The monoisotopic (exact) mass is 263 g/mol. The molecule has 0 spiro atoms. The number of esters is 1. The minimum Gasteiger partial charge on any atom is -0.468 e. The first-order chi connectivity index (χ1) is 8.90. The second kappa shape index (κ2) is 6.71. The van der Waals surface area contributed by atoms with Crippen LogP contribution in [0, 0.1) is 5.41 Å². The molecule has 1 atom stereocenters. The van der Waals surface area contributed by atoms with Crippen LogP contribution in [-0.2, 0) is 16.1 Å². The standard InChI is InChI=1S/C16H25NO2/c1-6-17(12-13-10-8-7-9-11-13)14(15(18)19-5)16(2,3)4/h7-11,14H,6,12H2,1-5H3/t14-/m1/s1. The molecule has 0 saturated heterocycles. The molecule has 0 fully saturated rings. The maximum absolute atomic E-state index is 12.1. The lowest BCUT2D eigenvalue weighted by atomic mass is 9.85. The van der Waals surface area contributed by atoms with Crippen molar-refractivity contribution in [1.29, 1.82) is 0 Å². The molecular weight excluding hydrogens is 238 g/mol. The van der Waals surface area contributed by atoms with Crippen molar-refractivity contribution in [2.75, 3.05) is 13.7 Å². The largest absolute Gasteiger partial charge is 0.468 e. The Bertz CT molecular complexity index is 395. The SMILES string of the molecule is CCN(Cc1ccccc1)[C@H](C(=O)OC)C(C)(C)C. The summed E-state index contributed by atoms with van der Waals surface area (Å²) in [5, 5.41) is 0. The van der Waals surface area contributed by atoms with E-state index < -0.39 is 0 Å². The number of carbonyl (C=O) groups excluding carboxylic acids is 1. The van der Waals surface area contributed by atoms with Gasteiger partial charge in [-0.05, 0) is 17.5 Å². The molecule has 0 aliphatic carbocycles. The van der Waals surface area contributed by atoms with Gasteiger partial charge in [-0.1, -0.05) is 58.0 Å². The van der Waals surface area contributed by atoms with E-state index in [1.807, 2.05) is 18.2 Å². The van der Waals surface area contributed by atoms with Gasteiger partial charge in [0.2, 0.25) is 0 Å². The molecule has 1 aromatic rings. The van der Waals surface area contributed by atoms with Crippen molar-refractivity contribution >= 4 is 5.97 Å². The van der Waals surface area contributed by atoms with E-state index in [0.717, 1.165) is 13.1 Å². The Kier molecular flexibility index (Phi) is 5.55. The molecule has 1 rings (SSSR count). The van der Waals surface area contributed by atoms with E-state index in [1.54, 1.807) is 0 Å². The van der Waals surface area contributed by atoms with Gasteiger partial charge in [-0.2, -0.15) is 0 Å². The lowest BCUT2D eigenvalue weighted by molar-refractivity contribution is -0.151. The first kappa shape index (κ1) is 15.7. The summed E-state index contributed by atoms with van der Waals surface area (Å²) in [6.07, 6.45) is 0. The first-order valence-electron chi connectivity index (χ1n) is 6.76. The lowest BCUT2D eigenvalue weighted by Crippen LogP contribution is -2.49. The van der Waals surface area contributed by atoms with Crippen molar-refractivity contribution in [3.05, 3.63) is 35.9 Å². The summed E-state index contributed by atoms with van der Waals surface area (Å²) in [7, 11) is 1.46. The smallest absolute Gasteiger partial charge is 0.323 e. The lowest BCUT2D eigenvalue weighted by Gasteiger charge is -2.37. The molecule has 0 aliphatic heterocycles. The third kappa shape index (κ3) is 4.35. The number of methoxy groups -OCH3 is 1. The van der Waals surface area contributed by atoms with Crippen LogP contribution in [0.2, 0.25) is 0 Å². The Morgan fingerprint density at radius 3 is 2.26 bits per heavy atom. The number of carbonyl (C=O) groups is 1. The molecule has 0 unspecified atom stereocenters. The summed E-state index contributed by atoms with van der Waals surface area (Å²) in [4.78, 5) is 14.3. The molecule has 0 bridgehead atoms. The molecule has 0 amide bonds. The zero-order valence-corrected chi connectivity index (χ0v) is 12.6.